The molecule has 4 aromatic heterocycles. The Morgan fingerprint density at radius 3 is 2.26 bits per heavy atom. The van der Waals surface area contributed by atoms with Gasteiger partial charge in [-0.3, -0.25) is 9.55 Å². The minimum absolute atomic E-state index is 0.805. The number of hydrogen-bond donors (Lipinski definition) is 1. The van der Waals surface area contributed by atoms with Crippen molar-refractivity contribution in [2.75, 3.05) is 0 Å². The number of rotatable bonds is 4. The number of aromatic nitrogens is 5. The van der Waals surface area contributed by atoms with Crippen LogP contribution in [-0.2, 0) is 0 Å². The number of para-hydroxylation sites is 2. The number of pyridine rings is 2. The Hall–Kier alpha value is -5.55. The summed E-state index contributed by atoms with van der Waals surface area (Å²) in [6.07, 6.45) is 1.80. The van der Waals surface area contributed by atoms with Gasteiger partial charge in [-0.25, -0.2) is 9.97 Å². The van der Waals surface area contributed by atoms with Crippen molar-refractivity contribution in [1.29, 1.82) is 0 Å². The Morgan fingerprint density at radius 2 is 1.40 bits per heavy atom. The molecule has 42 heavy (non-hydrogen) atoms. The average molecular weight is 542 g/mol. The van der Waals surface area contributed by atoms with Gasteiger partial charge in [-0.15, -0.1) is 0 Å². The molecule has 0 spiro atoms. The molecule has 0 atom stereocenters. The van der Waals surface area contributed by atoms with E-state index in [1.807, 2.05) is 30.3 Å². The number of nitrogens with one attached hydrogen (secondary N) is 1. The van der Waals surface area contributed by atoms with Crippen LogP contribution in [0.3, 0.4) is 0 Å². The topological polar surface area (TPSA) is 59.4 Å². The monoisotopic (exact) mass is 541 g/mol. The van der Waals surface area contributed by atoms with Gasteiger partial charge in [0.05, 0.1) is 27.9 Å². The van der Waals surface area contributed by atoms with E-state index in [1.165, 1.54) is 21.9 Å². The van der Waals surface area contributed by atoms with Gasteiger partial charge in [-0.1, -0.05) is 72.8 Å². The van der Waals surface area contributed by atoms with Crippen LogP contribution in [0.15, 0.2) is 121 Å². The Morgan fingerprint density at radius 1 is 0.643 bits per heavy atom. The Labute approximate surface area is 243 Å². The molecule has 0 amide bonds. The number of aryl methyl sites for hydroxylation is 2. The molecule has 8 aromatic rings. The van der Waals surface area contributed by atoms with Crippen molar-refractivity contribution in [2.24, 2.45) is 0 Å². The van der Waals surface area contributed by atoms with Crippen molar-refractivity contribution in [3.63, 3.8) is 0 Å². The summed E-state index contributed by atoms with van der Waals surface area (Å²) in [6.45, 7) is 4.29. The lowest BCUT2D eigenvalue weighted by Gasteiger charge is -2.14. The molecule has 8 rings (SSSR count). The lowest BCUT2D eigenvalue weighted by atomic mass is 10.0. The normalized spacial score (nSPS) is 11.6. The number of hydrogen-bond acceptors (Lipinski definition) is 3. The number of benzene rings is 4. The van der Waals surface area contributed by atoms with E-state index in [2.05, 4.69) is 113 Å². The van der Waals surface area contributed by atoms with Gasteiger partial charge in [-0.2, -0.15) is 0 Å². The van der Waals surface area contributed by atoms with Gasteiger partial charge in [0.25, 0.3) is 0 Å². The van der Waals surface area contributed by atoms with E-state index in [-0.39, 0.29) is 0 Å². The molecule has 1 N–H and O–H groups in total. The maximum atomic E-state index is 5.21. The smallest absolute Gasteiger partial charge is 0.147 e. The molecule has 0 fully saturated rings. The Balaban J connectivity index is 1.40. The van der Waals surface area contributed by atoms with E-state index in [0.29, 0.717) is 0 Å². The molecule has 0 bridgehead atoms. The van der Waals surface area contributed by atoms with Crippen LogP contribution in [0.2, 0.25) is 0 Å². The van der Waals surface area contributed by atoms with Crippen molar-refractivity contribution in [3.8, 4) is 39.7 Å². The fourth-order valence-corrected chi connectivity index (χ4v) is 6.13. The number of H-pyrrole nitrogens is 1. The molecule has 4 heterocycles. The maximum absolute atomic E-state index is 5.21. The summed E-state index contributed by atoms with van der Waals surface area (Å²) in [6, 6.07) is 39.9. The predicted molar refractivity (Wildman–Crippen MR) is 172 cm³/mol. The molecule has 5 nitrogen and oxygen atoms in total. The minimum atomic E-state index is 0.805. The van der Waals surface area contributed by atoms with Gasteiger partial charge in [0, 0.05) is 33.6 Å². The number of aromatic amines is 1. The molecule has 200 valence electrons. The van der Waals surface area contributed by atoms with Crippen molar-refractivity contribution in [2.45, 2.75) is 13.8 Å². The Kier molecular flexibility index (Phi) is 5.50. The van der Waals surface area contributed by atoms with Gasteiger partial charge in [0.1, 0.15) is 11.6 Å². The average Bonchev–Trinajstić information content (AvgIpc) is 3.60. The molecule has 4 aromatic carbocycles. The highest BCUT2D eigenvalue weighted by molar-refractivity contribution is 6.12. The summed E-state index contributed by atoms with van der Waals surface area (Å²) < 4.78 is 2.20. The molecule has 0 saturated heterocycles. The first-order valence-corrected chi connectivity index (χ1v) is 14.1. The van der Waals surface area contributed by atoms with Crippen LogP contribution < -0.4 is 0 Å². The second-order valence-electron chi connectivity index (χ2n) is 10.7. The standard InChI is InChI=1S/C37H27N5/c1-23-10-7-11-24(2)35(23)37-41-32-20-19-25(26-13-8-14-28-27-12-3-4-15-29(27)40-36(26)28)22-33(32)42(37)34-18-9-17-31(39-34)30-16-5-6-21-38-30/h3-22,40H,1-2H3. The number of imidazole rings is 1. The largest absolute Gasteiger partial charge is 0.354 e. The van der Waals surface area contributed by atoms with Crippen LogP contribution in [0.4, 0.5) is 0 Å². The third-order valence-corrected chi connectivity index (χ3v) is 8.10. The van der Waals surface area contributed by atoms with Crippen LogP contribution in [0.5, 0.6) is 0 Å². The molecule has 0 radical (unpaired) electrons. The van der Waals surface area contributed by atoms with Crippen molar-refractivity contribution < 1.29 is 0 Å². The maximum Gasteiger partial charge on any atom is 0.147 e. The van der Waals surface area contributed by atoms with Gasteiger partial charge < -0.3 is 4.98 Å². The van der Waals surface area contributed by atoms with Crippen molar-refractivity contribution >= 4 is 32.8 Å². The van der Waals surface area contributed by atoms with E-state index in [0.717, 1.165) is 61.8 Å². The molecule has 0 unspecified atom stereocenters. The quantitative estimate of drug-likeness (QED) is 0.242. The molecule has 0 saturated carbocycles. The molecular formula is C37H27N5. The fourth-order valence-electron chi connectivity index (χ4n) is 6.13. The molecule has 0 aliphatic heterocycles. The van der Waals surface area contributed by atoms with Gasteiger partial charge in [-0.05, 0) is 73.0 Å². The number of nitrogens with zero attached hydrogens (tertiary/aromatic N) is 4. The minimum Gasteiger partial charge on any atom is -0.354 e. The first kappa shape index (κ1) is 24.3. The van der Waals surface area contributed by atoms with Crippen LogP contribution in [-0.4, -0.2) is 24.5 Å². The molecule has 0 aliphatic rings. The van der Waals surface area contributed by atoms with Crippen molar-refractivity contribution in [1.82, 2.24) is 24.5 Å². The zero-order valence-electron chi connectivity index (χ0n) is 23.3. The van der Waals surface area contributed by atoms with Crippen molar-refractivity contribution in [3.05, 3.63) is 133 Å². The van der Waals surface area contributed by atoms with E-state index in [4.69, 9.17) is 9.97 Å². The van der Waals surface area contributed by atoms with Gasteiger partial charge in [0.15, 0.2) is 0 Å². The summed E-state index contributed by atoms with van der Waals surface area (Å²) in [5.74, 6) is 1.69. The summed E-state index contributed by atoms with van der Waals surface area (Å²) in [5, 5.41) is 2.45. The first-order valence-electron chi connectivity index (χ1n) is 14.1. The fraction of sp³-hybridized carbons (Fsp3) is 0.0541. The second-order valence-corrected chi connectivity index (χ2v) is 10.7. The third-order valence-electron chi connectivity index (χ3n) is 8.10. The highest BCUT2D eigenvalue weighted by Gasteiger charge is 2.20. The predicted octanol–water partition coefficient (Wildman–Crippen LogP) is 9.07. The summed E-state index contributed by atoms with van der Waals surface area (Å²) in [7, 11) is 0. The zero-order chi connectivity index (χ0) is 28.2. The van der Waals surface area contributed by atoms with Crippen LogP contribution in [0.25, 0.3) is 72.6 Å². The molecule has 5 heteroatoms. The number of fused-ring (bicyclic) bond motifs is 4. The second kappa shape index (κ2) is 9.53. The van der Waals surface area contributed by atoms with Crippen LogP contribution in [0.1, 0.15) is 11.1 Å². The zero-order valence-corrected chi connectivity index (χ0v) is 23.3. The lowest BCUT2D eigenvalue weighted by molar-refractivity contribution is 1.03. The third kappa shape index (κ3) is 3.82. The summed E-state index contributed by atoms with van der Waals surface area (Å²) in [4.78, 5) is 18.6. The summed E-state index contributed by atoms with van der Waals surface area (Å²) in [5.41, 5.74) is 11.6. The molecule has 0 aliphatic carbocycles. The highest BCUT2D eigenvalue weighted by Crippen LogP contribution is 2.37. The van der Waals surface area contributed by atoms with Crippen LogP contribution in [0, 0.1) is 13.8 Å². The first-order chi connectivity index (χ1) is 20.7. The van der Waals surface area contributed by atoms with E-state index >= 15 is 0 Å². The lowest BCUT2D eigenvalue weighted by Crippen LogP contribution is -2.03. The molecular weight excluding hydrogens is 514 g/mol. The van der Waals surface area contributed by atoms with Gasteiger partial charge >= 0.3 is 0 Å². The summed E-state index contributed by atoms with van der Waals surface area (Å²) >= 11 is 0. The van der Waals surface area contributed by atoms with Crippen LogP contribution >= 0.6 is 0 Å². The highest BCUT2D eigenvalue weighted by atomic mass is 15.1. The SMILES string of the molecule is Cc1cccc(C)c1-c1nc2ccc(-c3cccc4c3[nH]c3ccccc34)cc2n1-c1cccc(-c2ccccn2)n1. The van der Waals surface area contributed by atoms with E-state index < -0.39 is 0 Å². The Bertz CT molecular complexity index is 2250. The van der Waals surface area contributed by atoms with E-state index in [9.17, 15) is 0 Å². The van der Waals surface area contributed by atoms with E-state index in [1.54, 1.807) is 6.20 Å². The van der Waals surface area contributed by atoms with Gasteiger partial charge in [0.2, 0.25) is 0 Å².